The molecular formula is C16H20F2N2. The van der Waals surface area contributed by atoms with Gasteiger partial charge in [0.05, 0.1) is 0 Å². The summed E-state index contributed by atoms with van der Waals surface area (Å²) in [7, 11) is 0. The number of rotatable bonds is 4. The Bertz CT molecular complexity index is 636. The molecule has 0 saturated heterocycles. The number of nitrogens with zero attached hydrogens (tertiary/aromatic N) is 1. The number of nitrogens with one attached hydrogen (secondary N) is 1. The molecular weight excluding hydrogens is 258 g/mol. The van der Waals surface area contributed by atoms with Gasteiger partial charge in [-0.15, -0.1) is 0 Å². The molecule has 1 aromatic heterocycles. The number of halogens is 2. The molecule has 0 aliphatic carbocycles. The number of aromatic nitrogens is 1. The van der Waals surface area contributed by atoms with Crippen molar-refractivity contribution >= 4 is 16.6 Å². The zero-order valence-electron chi connectivity index (χ0n) is 12.3. The van der Waals surface area contributed by atoms with Crippen LogP contribution in [0.25, 0.3) is 10.9 Å². The van der Waals surface area contributed by atoms with Gasteiger partial charge in [0.15, 0.2) is 11.6 Å². The second kappa shape index (κ2) is 5.73. The maximum Gasteiger partial charge on any atom is 0.185 e. The highest BCUT2D eigenvalue weighted by Gasteiger charge is 2.18. The van der Waals surface area contributed by atoms with Crippen molar-refractivity contribution in [3.05, 3.63) is 35.0 Å². The van der Waals surface area contributed by atoms with Crippen LogP contribution in [0.3, 0.4) is 0 Å². The molecule has 0 spiro atoms. The molecule has 0 fully saturated rings. The van der Waals surface area contributed by atoms with Crippen LogP contribution in [0, 0.1) is 18.6 Å². The molecule has 2 rings (SSSR count). The predicted octanol–water partition coefficient (Wildman–Crippen LogP) is 4.77. The molecule has 1 aromatic carbocycles. The molecule has 0 saturated carbocycles. The molecule has 1 heterocycles. The number of anilines is 1. The van der Waals surface area contributed by atoms with Gasteiger partial charge in [-0.05, 0) is 37.0 Å². The van der Waals surface area contributed by atoms with Gasteiger partial charge in [-0.2, -0.15) is 0 Å². The third-order valence-corrected chi connectivity index (χ3v) is 3.41. The van der Waals surface area contributed by atoms with Crippen LogP contribution in [0.1, 0.15) is 44.4 Å². The fourth-order valence-corrected chi connectivity index (χ4v) is 2.55. The van der Waals surface area contributed by atoms with Gasteiger partial charge in [0.2, 0.25) is 0 Å². The molecule has 20 heavy (non-hydrogen) atoms. The second-order valence-corrected chi connectivity index (χ2v) is 5.32. The number of benzene rings is 1. The summed E-state index contributed by atoms with van der Waals surface area (Å²) in [5, 5.41) is 3.99. The second-order valence-electron chi connectivity index (χ2n) is 5.32. The number of hydrogen-bond acceptors (Lipinski definition) is 2. The lowest BCUT2D eigenvalue weighted by atomic mass is 9.96. The fourth-order valence-electron chi connectivity index (χ4n) is 2.55. The van der Waals surface area contributed by atoms with E-state index in [4.69, 9.17) is 0 Å². The van der Waals surface area contributed by atoms with Crippen molar-refractivity contribution in [2.75, 3.05) is 11.9 Å². The Labute approximate surface area is 118 Å². The number of pyridine rings is 1. The summed E-state index contributed by atoms with van der Waals surface area (Å²) in [6.07, 6.45) is 0.962. The van der Waals surface area contributed by atoms with Crippen LogP contribution in [0.2, 0.25) is 0 Å². The van der Waals surface area contributed by atoms with Gasteiger partial charge in [0, 0.05) is 23.3 Å². The SMILES string of the molecule is CCCNc1c(C(C)C)c(C)nc2c(F)c(F)ccc12. The summed E-state index contributed by atoms with van der Waals surface area (Å²) < 4.78 is 27.3. The van der Waals surface area contributed by atoms with E-state index in [0.29, 0.717) is 5.39 Å². The Kier molecular flexibility index (Phi) is 4.21. The third-order valence-electron chi connectivity index (χ3n) is 3.41. The minimum Gasteiger partial charge on any atom is -0.384 e. The standard InChI is InChI=1S/C16H20F2N2/c1-5-8-19-15-11-6-7-12(17)14(18)16(11)20-10(4)13(15)9(2)3/h6-7,9H,5,8H2,1-4H3,(H,19,20). The van der Waals surface area contributed by atoms with Gasteiger partial charge in [-0.25, -0.2) is 13.8 Å². The average molecular weight is 278 g/mol. The van der Waals surface area contributed by atoms with E-state index in [1.54, 1.807) is 6.07 Å². The fraction of sp³-hybridized carbons (Fsp3) is 0.438. The van der Waals surface area contributed by atoms with Gasteiger partial charge in [0.25, 0.3) is 0 Å². The average Bonchev–Trinajstić information content (AvgIpc) is 2.40. The first kappa shape index (κ1) is 14.7. The summed E-state index contributed by atoms with van der Waals surface area (Å²) in [6, 6.07) is 2.76. The number of hydrogen-bond donors (Lipinski definition) is 1. The first-order valence-corrected chi connectivity index (χ1v) is 6.99. The van der Waals surface area contributed by atoms with Crippen LogP contribution in [-0.2, 0) is 0 Å². The van der Waals surface area contributed by atoms with Crippen LogP contribution in [0.4, 0.5) is 14.5 Å². The smallest absolute Gasteiger partial charge is 0.185 e. The van der Waals surface area contributed by atoms with Gasteiger partial charge >= 0.3 is 0 Å². The molecule has 1 N–H and O–H groups in total. The lowest BCUT2D eigenvalue weighted by Crippen LogP contribution is -2.09. The van der Waals surface area contributed by atoms with E-state index in [0.717, 1.165) is 36.0 Å². The van der Waals surface area contributed by atoms with Crippen molar-refractivity contribution in [2.24, 2.45) is 0 Å². The molecule has 0 radical (unpaired) electrons. The highest BCUT2D eigenvalue weighted by molar-refractivity contribution is 5.94. The van der Waals surface area contributed by atoms with Gasteiger partial charge in [-0.3, -0.25) is 0 Å². The number of fused-ring (bicyclic) bond motifs is 1. The van der Waals surface area contributed by atoms with E-state index >= 15 is 0 Å². The topological polar surface area (TPSA) is 24.9 Å². The quantitative estimate of drug-likeness (QED) is 0.871. The van der Waals surface area contributed by atoms with Crippen LogP contribution in [0.15, 0.2) is 12.1 Å². The van der Waals surface area contributed by atoms with Crippen molar-refractivity contribution in [3.8, 4) is 0 Å². The van der Waals surface area contributed by atoms with Crippen LogP contribution in [-0.4, -0.2) is 11.5 Å². The molecule has 0 aliphatic rings. The van der Waals surface area contributed by atoms with Gasteiger partial charge in [-0.1, -0.05) is 20.8 Å². The maximum atomic E-state index is 13.9. The van der Waals surface area contributed by atoms with E-state index in [1.165, 1.54) is 0 Å². The summed E-state index contributed by atoms with van der Waals surface area (Å²) >= 11 is 0. The maximum absolute atomic E-state index is 13.9. The molecule has 108 valence electrons. The van der Waals surface area contributed by atoms with Gasteiger partial charge in [0.1, 0.15) is 5.52 Å². The summed E-state index contributed by atoms with van der Waals surface area (Å²) in [5.74, 6) is -1.47. The van der Waals surface area contributed by atoms with E-state index in [-0.39, 0.29) is 11.4 Å². The van der Waals surface area contributed by atoms with E-state index in [9.17, 15) is 8.78 Å². The Morgan fingerprint density at radius 1 is 1.25 bits per heavy atom. The third kappa shape index (κ3) is 2.47. The monoisotopic (exact) mass is 278 g/mol. The van der Waals surface area contributed by atoms with Crippen molar-refractivity contribution in [3.63, 3.8) is 0 Å². The first-order valence-electron chi connectivity index (χ1n) is 6.99. The zero-order valence-corrected chi connectivity index (χ0v) is 12.3. The Morgan fingerprint density at radius 3 is 2.55 bits per heavy atom. The van der Waals surface area contributed by atoms with E-state index < -0.39 is 11.6 Å². The molecule has 2 aromatic rings. The molecule has 0 atom stereocenters. The highest BCUT2D eigenvalue weighted by Crippen LogP contribution is 2.34. The van der Waals surface area contributed by atoms with Crippen LogP contribution >= 0.6 is 0 Å². The molecule has 0 aliphatic heterocycles. The lowest BCUT2D eigenvalue weighted by Gasteiger charge is -2.19. The molecule has 0 amide bonds. The Balaban J connectivity index is 2.79. The van der Waals surface area contributed by atoms with E-state index in [2.05, 4.69) is 31.1 Å². The van der Waals surface area contributed by atoms with Crippen molar-refractivity contribution in [1.82, 2.24) is 4.98 Å². The zero-order chi connectivity index (χ0) is 14.9. The Morgan fingerprint density at radius 2 is 1.95 bits per heavy atom. The van der Waals surface area contributed by atoms with Crippen LogP contribution < -0.4 is 5.32 Å². The van der Waals surface area contributed by atoms with Crippen molar-refractivity contribution in [2.45, 2.75) is 40.0 Å². The predicted molar refractivity (Wildman–Crippen MR) is 79.3 cm³/mol. The van der Waals surface area contributed by atoms with Crippen molar-refractivity contribution in [1.29, 1.82) is 0 Å². The normalized spacial score (nSPS) is 11.3. The molecule has 2 nitrogen and oxygen atoms in total. The van der Waals surface area contributed by atoms with Crippen LogP contribution in [0.5, 0.6) is 0 Å². The number of aryl methyl sites for hydroxylation is 1. The molecule has 4 heteroatoms. The van der Waals surface area contributed by atoms with E-state index in [1.807, 2.05) is 6.92 Å². The summed E-state index contributed by atoms with van der Waals surface area (Å²) in [5.41, 5.74) is 2.79. The Hall–Kier alpha value is -1.71. The first-order chi connectivity index (χ1) is 9.47. The largest absolute Gasteiger partial charge is 0.384 e. The summed E-state index contributed by atoms with van der Waals surface area (Å²) in [6.45, 7) is 8.85. The molecule has 0 bridgehead atoms. The molecule has 0 unspecified atom stereocenters. The summed E-state index contributed by atoms with van der Waals surface area (Å²) in [4.78, 5) is 4.27. The van der Waals surface area contributed by atoms with Crippen molar-refractivity contribution < 1.29 is 8.78 Å². The van der Waals surface area contributed by atoms with Gasteiger partial charge < -0.3 is 5.32 Å². The lowest BCUT2D eigenvalue weighted by molar-refractivity contribution is 0.515. The minimum atomic E-state index is -0.875. The minimum absolute atomic E-state index is 0.102. The highest BCUT2D eigenvalue weighted by atomic mass is 19.2.